The molecule has 1 atom stereocenters. The Morgan fingerprint density at radius 2 is 1.67 bits per heavy atom. The van der Waals surface area contributed by atoms with Crippen LogP contribution in [0.1, 0.15) is 41.2 Å². The van der Waals surface area contributed by atoms with Gasteiger partial charge in [0.1, 0.15) is 6.04 Å². The molecule has 0 heterocycles. The van der Waals surface area contributed by atoms with Gasteiger partial charge in [0.15, 0.2) is 0 Å². The van der Waals surface area contributed by atoms with E-state index >= 15 is 0 Å². The number of rotatable bonds is 7. The van der Waals surface area contributed by atoms with E-state index < -0.39 is 6.04 Å². The molecule has 2 aromatic rings. The SMILES string of the molecule is CC[C@@H](C(=O)NC)N(Cc1ccccc1C)C(=O)Cc1cc(C)cc(C)c1. The van der Waals surface area contributed by atoms with Crippen LogP contribution >= 0.6 is 0 Å². The summed E-state index contributed by atoms with van der Waals surface area (Å²) in [5.74, 6) is -0.154. The first kappa shape index (κ1) is 20.7. The fraction of sp³-hybridized carbons (Fsp3) is 0.391. The van der Waals surface area contributed by atoms with Crippen molar-refractivity contribution in [1.82, 2.24) is 10.2 Å². The van der Waals surface area contributed by atoms with Gasteiger partial charge in [0.2, 0.25) is 11.8 Å². The molecule has 0 aliphatic heterocycles. The molecule has 2 aromatic carbocycles. The molecule has 0 aromatic heterocycles. The topological polar surface area (TPSA) is 49.4 Å². The highest BCUT2D eigenvalue weighted by Gasteiger charge is 2.28. The molecular weight excluding hydrogens is 336 g/mol. The van der Waals surface area contributed by atoms with Gasteiger partial charge in [0, 0.05) is 13.6 Å². The molecule has 1 N–H and O–H groups in total. The maximum absolute atomic E-state index is 13.2. The predicted octanol–water partition coefficient (Wildman–Crippen LogP) is 3.71. The first-order chi connectivity index (χ1) is 12.8. The molecule has 144 valence electrons. The molecule has 0 fully saturated rings. The molecule has 2 amide bonds. The van der Waals surface area contributed by atoms with Crippen molar-refractivity contribution in [2.45, 2.75) is 53.1 Å². The van der Waals surface area contributed by atoms with E-state index in [-0.39, 0.29) is 11.8 Å². The fourth-order valence-corrected chi connectivity index (χ4v) is 3.50. The van der Waals surface area contributed by atoms with Crippen molar-refractivity contribution in [2.24, 2.45) is 0 Å². The highest BCUT2D eigenvalue weighted by Crippen LogP contribution is 2.18. The number of hydrogen-bond donors (Lipinski definition) is 1. The quantitative estimate of drug-likeness (QED) is 0.812. The van der Waals surface area contributed by atoms with Crippen LogP contribution in [0, 0.1) is 20.8 Å². The predicted molar refractivity (Wildman–Crippen MR) is 109 cm³/mol. The Hall–Kier alpha value is -2.62. The Labute approximate surface area is 162 Å². The summed E-state index contributed by atoms with van der Waals surface area (Å²) in [6.07, 6.45) is 0.867. The van der Waals surface area contributed by atoms with Crippen LogP contribution in [0.25, 0.3) is 0 Å². The Morgan fingerprint density at radius 3 is 2.22 bits per heavy atom. The van der Waals surface area contributed by atoms with E-state index in [1.807, 2.05) is 64.1 Å². The Balaban J connectivity index is 2.33. The normalized spacial score (nSPS) is 11.7. The molecule has 0 radical (unpaired) electrons. The van der Waals surface area contributed by atoms with Crippen molar-refractivity contribution < 1.29 is 9.59 Å². The van der Waals surface area contributed by atoms with Crippen molar-refractivity contribution >= 4 is 11.8 Å². The lowest BCUT2D eigenvalue weighted by Gasteiger charge is -2.31. The van der Waals surface area contributed by atoms with Crippen LogP contribution < -0.4 is 5.32 Å². The molecular formula is C23H30N2O2. The first-order valence-electron chi connectivity index (χ1n) is 9.48. The van der Waals surface area contributed by atoms with E-state index in [4.69, 9.17) is 0 Å². The number of benzene rings is 2. The van der Waals surface area contributed by atoms with Gasteiger partial charge in [-0.25, -0.2) is 0 Å². The molecule has 27 heavy (non-hydrogen) atoms. The molecule has 2 rings (SSSR count). The van der Waals surface area contributed by atoms with Crippen molar-refractivity contribution in [2.75, 3.05) is 7.05 Å². The third-order valence-electron chi connectivity index (χ3n) is 4.87. The first-order valence-corrected chi connectivity index (χ1v) is 9.48. The van der Waals surface area contributed by atoms with E-state index in [1.54, 1.807) is 11.9 Å². The smallest absolute Gasteiger partial charge is 0.242 e. The Kier molecular flexibility index (Phi) is 7.17. The van der Waals surface area contributed by atoms with Gasteiger partial charge in [-0.3, -0.25) is 9.59 Å². The number of carbonyl (C=O) groups excluding carboxylic acids is 2. The minimum absolute atomic E-state index is 0.0290. The van der Waals surface area contributed by atoms with Gasteiger partial charge in [-0.2, -0.15) is 0 Å². The number of nitrogens with zero attached hydrogens (tertiary/aromatic N) is 1. The van der Waals surface area contributed by atoms with Gasteiger partial charge >= 0.3 is 0 Å². The minimum atomic E-state index is -0.479. The largest absolute Gasteiger partial charge is 0.357 e. The summed E-state index contributed by atoms with van der Waals surface area (Å²) >= 11 is 0. The molecule has 0 spiro atoms. The number of hydrogen-bond acceptors (Lipinski definition) is 2. The van der Waals surface area contributed by atoms with Crippen LogP contribution in [0.2, 0.25) is 0 Å². The van der Waals surface area contributed by atoms with Crippen LogP contribution in [0.4, 0.5) is 0 Å². The lowest BCUT2D eigenvalue weighted by atomic mass is 10.0. The van der Waals surface area contributed by atoms with Crippen molar-refractivity contribution in [3.63, 3.8) is 0 Å². The molecule has 0 bridgehead atoms. The second-order valence-electron chi connectivity index (χ2n) is 7.16. The van der Waals surface area contributed by atoms with Crippen LogP contribution in [-0.4, -0.2) is 29.8 Å². The van der Waals surface area contributed by atoms with E-state index in [0.717, 1.165) is 27.8 Å². The van der Waals surface area contributed by atoms with Crippen molar-refractivity contribution in [3.05, 3.63) is 70.3 Å². The second-order valence-corrected chi connectivity index (χ2v) is 7.16. The summed E-state index contributed by atoms with van der Waals surface area (Å²) in [4.78, 5) is 27.4. The maximum Gasteiger partial charge on any atom is 0.242 e. The van der Waals surface area contributed by atoms with Gasteiger partial charge in [0.05, 0.1) is 6.42 Å². The number of amides is 2. The Bertz CT molecular complexity index is 794. The molecule has 0 aliphatic carbocycles. The lowest BCUT2D eigenvalue weighted by Crippen LogP contribution is -2.48. The van der Waals surface area contributed by atoms with Crippen LogP contribution in [0.3, 0.4) is 0 Å². The minimum Gasteiger partial charge on any atom is -0.357 e. The highest BCUT2D eigenvalue weighted by atomic mass is 16.2. The fourth-order valence-electron chi connectivity index (χ4n) is 3.50. The van der Waals surface area contributed by atoms with Crippen LogP contribution in [0.15, 0.2) is 42.5 Å². The molecule has 0 saturated heterocycles. The summed E-state index contributed by atoms with van der Waals surface area (Å²) in [7, 11) is 1.62. The third-order valence-corrected chi connectivity index (χ3v) is 4.87. The van der Waals surface area contributed by atoms with Crippen molar-refractivity contribution in [3.8, 4) is 0 Å². The van der Waals surface area contributed by atoms with Crippen LogP contribution in [-0.2, 0) is 22.6 Å². The molecule has 0 saturated carbocycles. The summed E-state index contributed by atoms with van der Waals surface area (Å²) in [6.45, 7) is 8.47. The van der Waals surface area contributed by atoms with Crippen molar-refractivity contribution in [1.29, 1.82) is 0 Å². The van der Waals surface area contributed by atoms with Gasteiger partial charge in [-0.1, -0.05) is 60.5 Å². The number of nitrogens with one attached hydrogen (secondary N) is 1. The van der Waals surface area contributed by atoms with E-state index in [0.29, 0.717) is 19.4 Å². The highest BCUT2D eigenvalue weighted by molar-refractivity contribution is 5.88. The van der Waals surface area contributed by atoms with E-state index in [2.05, 4.69) is 11.4 Å². The zero-order valence-corrected chi connectivity index (χ0v) is 17.0. The summed E-state index contributed by atoms with van der Waals surface area (Å²) in [6, 6.07) is 13.7. The summed E-state index contributed by atoms with van der Waals surface area (Å²) < 4.78 is 0. The second kappa shape index (κ2) is 9.36. The lowest BCUT2D eigenvalue weighted by molar-refractivity contribution is -0.140. The van der Waals surface area contributed by atoms with Gasteiger partial charge in [-0.15, -0.1) is 0 Å². The summed E-state index contributed by atoms with van der Waals surface area (Å²) in [5, 5.41) is 2.70. The molecule has 0 unspecified atom stereocenters. The zero-order chi connectivity index (χ0) is 20.0. The zero-order valence-electron chi connectivity index (χ0n) is 17.0. The van der Waals surface area contributed by atoms with Gasteiger partial charge < -0.3 is 10.2 Å². The Morgan fingerprint density at radius 1 is 1.04 bits per heavy atom. The number of likely N-dealkylation sites (N-methyl/N-ethyl adjacent to an activating group) is 1. The molecule has 0 aliphatic rings. The van der Waals surface area contributed by atoms with Gasteiger partial charge in [0.25, 0.3) is 0 Å². The average Bonchev–Trinajstić information content (AvgIpc) is 2.61. The maximum atomic E-state index is 13.2. The molecule has 4 heteroatoms. The monoisotopic (exact) mass is 366 g/mol. The van der Waals surface area contributed by atoms with E-state index in [9.17, 15) is 9.59 Å². The summed E-state index contributed by atoms with van der Waals surface area (Å²) in [5.41, 5.74) is 5.45. The average molecular weight is 367 g/mol. The standard InChI is InChI=1S/C23H30N2O2/c1-6-21(23(27)24-5)25(15-20-10-8-7-9-18(20)4)22(26)14-19-12-16(2)11-17(3)13-19/h7-13,21H,6,14-15H2,1-5H3,(H,24,27)/t21-/m0/s1. The van der Waals surface area contributed by atoms with Gasteiger partial charge in [-0.05, 0) is 43.9 Å². The van der Waals surface area contributed by atoms with E-state index in [1.165, 1.54) is 0 Å². The molecule has 4 nitrogen and oxygen atoms in total. The third kappa shape index (κ3) is 5.43. The van der Waals surface area contributed by atoms with Crippen LogP contribution in [0.5, 0.6) is 0 Å². The number of aryl methyl sites for hydroxylation is 3. The number of carbonyl (C=O) groups is 2.